The molecule has 0 aliphatic carbocycles. The lowest BCUT2D eigenvalue weighted by molar-refractivity contribution is -0.137. The lowest BCUT2D eigenvalue weighted by Crippen LogP contribution is -2.05. The van der Waals surface area contributed by atoms with E-state index in [9.17, 15) is 4.79 Å². The molecule has 1 aromatic rings. The molecule has 1 heterocycles. The monoisotopic (exact) mass is 255 g/mol. The molecule has 18 heavy (non-hydrogen) atoms. The van der Waals surface area contributed by atoms with Crippen molar-refractivity contribution >= 4 is 5.97 Å². The van der Waals surface area contributed by atoms with Gasteiger partial charge in [0.05, 0.1) is 5.69 Å². The topological polar surface area (TPSA) is 81.1 Å². The number of rotatable bonds is 4. The Bertz CT molecular complexity index is 353. The Morgan fingerprint density at radius 3 is 2.39 bits per heavy atom. The first-order valence-electron chi connectivity index (χ1n) is 6.15. The Morgan fingerprint density at radius 1 is 1.50 bits per heavy atom. The van der Waals surface area contributed by atoms with E-state index < -0.39 is 5.97 Å². The molecule has 0 aliphatic heterocycles. The highest BCUT2D eigenvalue weighted by Crippen LogP contribution is 2.21. The van der Waals surface area contributed by atoms with Crippen LogP contribution in [-0.2, 0) is 18.4 Å². The third-order valence-corrected chi connectivity index (χ3v) is 2.45. The van der Waals surface area contributed by atoms with Crippen LogP contribution in [0, 0.1) is 5.41 Å². The van der Waals surface area contributed by atoms with Crippen molar-refractivity contribution in [3.8, 4) is 0 Å². The lowest BCUT2D eigenvalue weighted by Gasteiger charge is -2.16. The van der Waals surface area contributed by atoms with Crippen molar-refractivity contribution in [3.63, 3.8) is 0 Å². The SMILES string of the molecule is CC(C)(C)CCCC(=O)O.Cn1nccc1CN. The number of hydrogen-bond donors (Lipinski definition) is 2. The number of nitrogens with two attached hydrogens (primary N) is 1. The Labute approximate surface area is 109 Å². The molecule has 3 N–H and O–H groups in total. The van der Waals surface area contributed by atoms with Crippen molar-refractivity contribution in [2.45, 2.75) is 46.6 Å². The molecule has 0 radical (unpaired) electrons. The van der Waals surface area contributed by atoms with Crippen molar-refractivity contribution in [2.75, 3.05) is 0 Å². The summed E-state index contributed by atoms with van der Waals surface area (Å²) < 4.78 is 1.76. The maximum Gasteiger partial charge on any atom is 0.303 e. The molecule has 5 heteroatoms. The predicted molar refractivity (Wildman–Crippen MR) is 72.0 cm³/mol. The van der Waals surface area contributed by atoms with Crippen LogP contribution in [0.4, 0.5) is 0 Å². The highest BCUT2D eigenvalue weighted by Gasteiger charge is 2.09. The molecule has 0 bridgehead atoms. The number of carbonyl (C=O) groups is 1. The minimum Gasteiger partial charge on any atom is -0.481 e. The average Bonchev–Trinajstić information content (AvgIpc) is 2.62. The molecule has 0 saturated carbocycles. The van der Waals surface area contributed by atoms with Gasteiger partial charge in [-0.15, -0.1) is 0 Å². The van der Waals surface area contributed by atoms with Gasteiger partial charge in [-0.2, -0.15) is 5.10 Å². The van der Waals surface area contributed by atoms with Crippen molar-refractivity contribution < 1.29 is 9.90 Å². The standard InChI is InChI=1S/C8H16O2.C5H9N3/c1-8(2,3)6-4-5-7(9)10;1-8-5(4-6)2-3-7-8/h4-6H2,1-3H3,(H,9,10);2-3H,4,6H2,1H3. The van der Waals surface area contributed by atoms with Crippen molar-refractivity contribution in [1.29, 1.82) is 0 Å². The van der Waals surface area contributed by atoms with Gasteiger partial charge in [0.25, 0.3) is 0 Å². The van der Waals surface area contributed by atoms with Gasteiger partial charge >= 0.3 is 5.97 Å². The average molecular weight is 255 g/mol. The van der Waals surface area contributed by atoms with Crippen LogP contribution in [0.5, 0.6) is 0 Å². The van der Waals surface area contributed by atoms with Crippen molar-refractivity contribution in [2.24, 2.45) is 18.2 Å². The first-order valence-corrected chi connectivity index (χ1v) is 6.15. The summed E-state index contributed by atoms with van der Waals surface area (Å²) in [6.07, 6.45) is 3.82. The molecule has 104 valence electrons. The Kier molecular flexibility index (Phi) is 7.27. The quantitative estimate of drug-likeness (QED) is 0.864. The number of hydrogen-bond acceptors (Lipinski definition) is 3. The van der Waals surface area contributed by atoms with Crippen LogP contribution < -0.4 is 5.73 Å². The highest BCUT2D eigenvalue weighted by atomic mass is 16.4. The lowest BCUT2D eigenvalue weighted by atomic mass is 9.90. The summed E-state index contributed by atoms with van der Waals surface area (Å²) in [6, 6.07) is 1.90. The van der Waals surface area contributed by atoms with Crippen molar-refractivity contribution in [3.05, 3.63) is 18.0 Å². The van der Waals surface area contributed by atoms with Crippen LogP contribution in [0.2, 0.25) is 0 Å². The smallest absolute Gasteiger partial charge is 0.303 e. The van der Waals surface area contributed by atoms with Crippen LogP contribution in [0.15, 0.2) is 12.3 Å². The predicted octanol–water partition coefficient (Wildman–Crippen LogP) is 2.17. The Hall–Kier alpha value is -1.36. The summed E-state index contributed by atoms with van der Waals surface area (Å²) in [7, 11) is 1.88. The second kappa shape index (κ2) is 7.87. The van der Waals surface area contributed by atoms with E-state index in [-0.39, 0.29) is 5.41 Å². The Morgan fingerprint density at radius 2 is 2.11 bits per heavy atom. The molecule has 0 aromatic carbocycles. The summed E-state index contributed by atoms with van der Waals surface area (Å²) >= 11 is 0. The van der Waals surface area contributed by atoms with Gasteiger partial charge in [0.15, 0.2) is 0 Å². The van der Waals surface area contributed by atoms with Gasteiger partial charge in [0, 0.05) is 26.2 Å². The fraction of sp³-hybridized carbons (Fsp3) is 0.692. The molecular formula is C13H25N3O2. The number of aromatic nitrogens is 2. The third kappa shape index (κ3) is 8.75. The minimum atomic E-state index is -0.691. The fourth-order valence-corrected chi connectivity index (χ4v) is 1.37. The van der Waals surface area contributed by atoms with Gasteiger partial charge in [-0.1, -0.05) is 20.8 Å². The second-order valence-electron chi connectivity index (χ2n) is 5.46. The van der Waals surface area contributed by atoms with Gasteiger partial charge in [-0.3, -0.25) is 9.48 Å². The maximum absolute atomic E-state index is 10.1. The molecule has 0 spiro atoms. The second-order valence-corrected chi connectivity index (χ2v) is 5.46. The molecule has 0 fully saturated rings. The first kappa shape index (κ1) is 16.6. The molecule has 0 aliphatic rings. The molecule has 1 aromatic heterocycles. The first-order chi connectivity index (χ1) is 8.26. The number of aryl methyl sites for hydroxylation is 1. The van der Waals surface area contributed by atoms with Gasteiger partial charge in [-0.05, 0) is 24.3 Å². The van der Waals surface area contributed by atoms with Crippen molar-refractivity contribution in [1.82, 2.24) is 9.78 Å². The van der Waals surface area contributed by atoms with E-state index in [2.05, 4.69) is 25.9 Å². The van der Waals surface area contributed by atoms with E-state index in [1.807, 2.05) is 13.1 Å². The van der Waals surface area contributed by atoms with E-state index in [0.717, 1.165) is 18.5 Å². The zero-order valence-corrected chi connectivity index (χ0v) is 11.8. The van der Waals surface area contributed by atoms with Gasteiger partial charge in [0.2, 0.25) is 0 Å². The zero-order chi connectivity index (χ0) is 14.2. The third-order valence-electron chi connectivity index (χ3n) is 2.45. The summed E-state index contributed by atoms with van der Waals surface area (Å²) in [5.74, 6) is -0.691. The molecular weight excluding hydrogens is 230 g/mol. The van der Waals surface area contributed by atoms with Gasteiger partial charge in [-0.25, -0.2) is 0 Å². The minimum absolute atomic E-state index is 0.273. The van der Waals surface area contributed by atoms with Gasteiger partial charge in [0.1, 0.15) is 0 Å². The largest absolute Gasteiger partial charge is 0.481 e. The molecule has 0 saturated heterocycles. The van der Waals surface area contributed by atoms with E-state index in [0.29, 0.717) is 13.0 Å². The maximum atomic E-state index is 10.1. The molecule has 0 atom stereocenters. The van der Waals surface area contributed by atoms with E-state index in [1.165, 1.54) is 0 Å². The number of nitrogens with zero attached hydrogens (tertiary/aromatic N) is 2. The van der Waals surface area contributed by atoms with E-state index in [4.69, 9.17) is 10.8 Å². The van der Waals surface area contributed by atoms with E-state index in [1.54, 1.807) is 10.9 Å². The molecule has 0 amide bonds. The van der Waals surface area contributed by atoms with Crippen LogP contribution in [0.1, 0.15) is 45.7 Å². The fourth-order valence-electron chi connectivity index (χ4n) is 1.37. The number of carboxylic acids is 1. The highest BCUT2D eigenvalue weighted by molar-refractivity contribution is 5.66. The van der Waals surface area contributed by atoms with Crippen LogP contribution >= 0.6 is 0 Å². The summed E-state index contributed by atoms with van der Waals surface area (Å²) in [5.41, 5.74) is 6.67. The van der Waals surface area contributed by atoms with Crippen LogP contribution in [-0.4, -0.2) is 20.9 Å². The van der Waals surface area contributed by atoms with Crippen LogP contribution in [0.3, 0.4) is 0 Å². The summed E-state index contributed by atoms with van der Waals surface area (Å²) in [6.45, 7) is 6.93. The zero-order valence-electron chi connectivity index (χ0n) is 11.8. The van der Waals surface area contributed by atoms with Crippen LogP contribution in [0.25, 0.3) is 0 Å². The van der Waals surface area contributed by atoms with E-state index >= 15 is 0 Å². The number of carboxylic acid groups (broad SMARTS) is 1. The molecule has 5 nitrogen and oxygen atoms in total. The normalized spacial score (nSPS) is 10.7. The summed E-state index contributed by atoms with van der Waals surface area (Å²) in [4.78, 5) is 10.1. The molecule has 0 unspecified atom stereocenters. The van der Waals surface area contributed by atoms with Gasteiger partial charge < -0.3 is 10.8 Å². The summed E-state index contributed by atoms with van der Waals surface area (Å²) in [5, 5.41) is 12.2. The molecule has 1 rings (SSSR count). The number of aliphatic carboxylic acids is 1. The Balaban J connectivity index is 0.000000327.